The molecule has 1 aliphatic rings. The molecule has 0 fully saturated rings. The van der Waals surface area contributed by atoms with Crippen LogP contribution in [0.25, 0.3) is 0 Å². The third-order valence-corrected chi connectivity index (χ3v) is 5.84. The van der Waals surface area contributed by atoms with Crippen LogP contribution in [-0.2, 0) is 21.2 Å². The van der Waals surface area contributed by atoms with Gasteiger partial charge in [0.1, 0.15) is 6.04 Å². The SMILES string of the molecule is CC(C(=O)N1CCCc2ccccc21)N(c1ccc(F)c(F)c1)S(C)(=O)=O. The standard InChI is InChI=1S/C19H20F2N2O3S/c1-13(19(24)22-11-5-7-14-6-3-4-8-18(14)22)23(27(2,25)26)15-9-10-16(20)17(21)12-15/h3-4,6,8-10,12-13H,5,7,11H2,1-2H3. The first-order valence-electron chi connectivity index (χ1n) is 8.54. The number of carbonyl (C=O) groups is 1. The van der Waals surface area contributed by atoms with Crippen molar-refractivity contribution in [3.63, 3.8) is 0 Å². The summed E-state index contributed by atoms with van der Waals surface area (Å²) in [7, 11) is -3.91. The Morgan fingerprint density at radius 1 is 1.15 bits per heavy atom. The lowest BCUT2D eigenvalue weighted by Crippen LogP contribution is -2.50. The van der Waals surface area contributed by atoms with Crippen LogP contribution in [0.3, 0.4) is 0 Å². The first-order valence-corrected chi connectivity index (χ1v) is 10.4. The predicted octanol–water partition coefficient (Wildman–Crippen LogP) is 3.10. The Morgan fingerprint density at radius 2 is 1.85 bits per heavy atom. The third-order valence-electron chi connectivity index (χ3n) is 4.60. The lowest BCUT2D eigenvalue weighted by molar-refractivity contribution is -0.119. The highest BCUT2D eigenvalue weighted by molar-refractivity contribution is 7.92. The zero-order valence-corrected chi connectivity index (χ0v) is 15.8. The molecule has 0 saturated carbocycles. The van der Waals surface area contributed by atoms with Gasteiger partial charge in [0, 0.05) is 18.3 Å². The molecular weight excluding hydrogens is 374 g/mol. The fourth-order valence-corrected chi connectivity index (χ4v) is 4.57. The molecule has 1 aliphatic heterocycles. The monoisotopic (exact) mass is 394 g/mol. The van der Waals surface area contributed by atoms with E-state index in [1.165, 1.54) is 6.92 Å². The molecule has 0 saturated heterocycles. The molecule has 0 aromatic heterocycles. The molecule has 1 heterocycles. The first kappa shape index (κ1) is 19.3. The van der Waals surface area contributed by atoms with Gasteiger partial charge < -0.3 is 4.90 Å². The number of fused-ring (bicyclic) bond motifs is 1. The summed E-state index contributed by atoms with van der Waals surface area (Å²) in [5, 5.41) is 0. The maximum Gasteiger partial charge on any atom is 0.250 e. The molecule has 27 heavy (non-hydrogen) atoms. The van der Waals surface area contributed by atoms with E-state index in [1.807, 2.05) is 24.3 Å². The van der Waals surface area contributed by atoms with Crippen LogP contribution in [0.1, 0.15) is 18.9 Å². The third kappa shape index (κ3) is 3.80. The van der Waals surface area contributed by atoms with E-state index in [9.17, 15) is 22.0 Å². The quantitative estimate of drug-likeness (QED) is 0.801. The number of sulfonamides is 1. The molecule has 0 N–H and O–H groups in total. The van der Waals surface area contributed by atoms with Gasteiger partial charge >= 0.3 is 0 Å². The highest BCUT2D eigenvalue weighted by atomic mass is 32.2. The van der Waals surface area contributed by atoms with Crippen molar-refractivity contribution in [1.82, 2.24) is 0 Å². The van der Waals surface area contributed by atoms with Crippen molar-refractivity contribution >= 4 is 27.3 Å². The zero-order chi connectivity index (χ0) is 19.8. The van der Waals surface area contributed by atoms with Gasteiger partial charge in [0.2, 0.25) is 10.0 Å². The number of nitrogens with zero attached hydrogens (tertiary/aromatic N) is 2. The fourth-order valence-electron chi connectivity index (χ4n) is 3.41. The van der Waals surface area contributed by atoms with Crippen molar-refractivity contribution in [2.24, 2.45) is 0 Å². The summed E-state index contributed by atoms with van der Waals surface area (Å²) < 4.78 is 52.4. The Kier molecular flexibility index (Phi) is 5.19. The van der Waals surface area contributed by atoms with Gasteiger partial charge in [0.15, 0.2) is 11.6 Å². The number of amides is 1. The van der Waals surface area contributed by atoms with E-state index >= 15 is 0 Å². The van der Waals surface area contributed by atoms with E-state index in [0.717, 1.165) is 52.9 Å². The van der Waals surface area contributed by atoms with Gasteiger partial charge in [0.25, 0.3) is 5.91 Å². The molecule has 1 atom stereocenters. The molecule has 0 aliphatic carbocycles. The average Bonchev–Trinajstić information content (AvgIpc) is 2.62. The van der Waals surface area contributed by atoms with Crippen LogP contribution in [0, 0.1) is 11.6 Å². The number of aryl methyl sites for hydroxylation is 1. The minimum absolute atomic E-state index is 0.0949. The van der Waals surface area contributed by atoms with Gasteiger partial charge in [-0.1, -0.05) is 18.2 Å². The second-order valence-electron chi connectivity index (χ2n) is 6.56. The van der Waals surface area contributed by atoms with Crippen molar-refractivity contribution in [1.29, 1.82) is 0 Å². The molecule has 1 unspecified atom stereocenters. The molecule has 144 valence electrons. The van der Waals surface area contributed by atoms with Crippen molar-refractivity contribution in [3.8, 4) is 0 Å². The lowest BCUT2D eigenvalue weighted by Gasteiger charge is -2.35. The van der Waals surface area contributed by atoms with Gasteiger partial charge in [-0.2, -0.15) is 0 Å². The number of rotatable bonds is 4. The van der Waals surface area contributed by atoms with Crippen molar-refractivity contribution in [3.05, 3.63) is 59.7 Å². The van der Waals surface area contributed by atoms with E-state index in [-0.39, 0.29) is 5.69 Å². The predicted molar refractivity (Wildman–Crippen MR) is 100 cm³/mol. The molecule has 0 radical (unpaired) electrons. The summed E-state index contributed by atoms with van der Waals surface area (Å²) in [6.45, 7) is 1.91. The Hall–Kier alpha value is -2.48. The van der Waals surface area contributed by atoms with Gasteiger partial charge in [-0.05, 0) is 43.5 Å². The van der Waals surface area contributed by atoms with Crippen molar-refractivity contribution < 1.29 is 22.0 Å². The van der Waals surface area contributed by atoms with E-state index in [1.54, 1.807) is 4.90 Å². The summed E-state index contributed by atoms with van der Waals surface area (Å²) in [6, 6.07) is 9.12. The fraction of sp³-hybridized carbons (Fsp3) is 0.316. The van der Waals surface area contributed by atoms with E-state index < -0.39 is 33.6 Å². The highest BCUT2D eigenvalue weighted by Crippen LogP contribution is 2.29. The van der Waals surface area contributed by atoms with E-state index in [2.05, 4.69) is 0 Å². The molecule has 2 aromatic carbocycles. The summed E-state index contributed by atoms with van der Waals surface area (Å²) in [4.78, 5) is 14.7. The minimum Gasteiger partial charge on any atom is -0.310 e. The molecule has 0 bridgehead atoms. The summed E-state index contributed by atoms with van der Waals surface area (Å²) >= 11 is 0. The topological polar surface area (TPSA) is 57.7 Å². The summed E-state index contributed by atoms with van der Waals surface area (Å²) in [5.74, 6) is -2.68. The minimum atomic E-state index is -3.91. The zero-order valence-electron chi connectivity index (χ0n) is 15.0. The summed E-state index contributed by atoms with van der Waals surface area (Å²) in [5.41, 5.74) is 1.67. The molecule has 0 spiro atoms. The Morgan fingerprint density at radius 3 is 2.52 bits per heavy atom. The van der Waals surface area contributed by atoms with Gasteiger partial charge in [-0.15, -0.1) is 0 Å². The van der Waals surface area contributed by atoms with Crippen LogP contribution in [-0.4, -0.2) is 33.2 Å². The smallest absolute Gasteiger partial charge is 0.250 e. The molecule has 8 heteroatoms. The van der Waals surface area contributed by atoms with Gasteiger partial charge in [0.05, 0.1) is 11.9 Å². The number of para-hydroxylation sites is 1. The second kappa shape index (κ2) is 7.26. The van der Waals surface area contributed by atoms with Crippen molar-refractivity contribution in [2.45, 2.75) is 25.8 Å². The highest BCUT2D eigenvalue weighted by Gasteiger charge is 2.34. The maximum atomic E-state index is 13.7. The Labute approximate surface area is 157 Å². The van der Waals surface area contributed by atoms with Crippen LogP contribution in [0.15, 0.2) is 42.5 Å². The van der Waals surface area contributed by atoms with Gasteiger partial charge in [-0.3, -0.25) is 9.10 Å². The molecule has 5 nitrogen and oxygen atoms in total. The molecular formula is C19H20F2N2O3S. The van der Waals surface area contributed by atoms with E-state index in [0.29, 0.717) is 6.54 Å². The van der Waals surface area contributed by atoms with Gasteiger partial charge in [-0.25, -0.2) is 17.2 Å². The Bertz CT molecular complexity index is 979. The van der Waals surface area contributed by atoms with Crippen LogP contribution < -0.4 is 9.21 Å². The lowest BCUT2D eigenvalue weighted by atomic mass is 10.0. The van der Waals surface area contributed by atoms with Crippen LogP contribution in [0.5, 0.6) is 0 Å². The maximum absolute atomic E-state index is 13.7. The second-order valence-corrected chi connectivity index (χ2v) is 8.41. The number of benzene rings is 2. The number of anilines is 2. The summed E-state index contributed by atoms with van der Waals surface area (Å²) in [6.07, 6.45) is 2.54. The normalized spacial score (nSPS) is 15.2. The number of carbonyl (C=O) groups excluding carboxylic acids is 1. The van der Waals surface area contributed by atoms with Crippen LogP contribution in [0.4, 0.5) is 20.2 Å². The molecule has 3 rings (SSSR count). The molecule has 2 aromatic rings. The van der Waals surface area contributed by atoms with Crippen LogP contribution >= 0.6 is 0 Å². The van der Waals surface area contributed by atoms with E-state index in [4.69, 9.17) is 0 Å². The number of halogens is 2. The Balaban J connectivity index is 1.99. The number of hydrogen-bond acceptors (Lipinski definition) is 3. The average molecular weight is 394 g/mol. The largest absolute Gasteiger partial charge is 0.310 e. The first-order chi connectivity index (χ1) is 12.7. The van der Waals surface area contributed by atoms with Crippen LogP contribution in [0.2, 0.25) is 0 Å². The molecule has 1 amide bonds. The number of hydrogen-bond donors (Lipinski definition) is 0. The van der Waals surface area contributed by atoms with Crippen molar-refractivity contribution in [2.75, 3.05) is 22.0 Å².